The van der Waals surface area contributed by atoms with Gasteiger partial charge in [-0.25, -0.2) is 4.98 Å². The van der Waals surface area contributed by atoms with Crippen LogP contribution in [-0.2, 0) is 37.4 Å². The Balaban J connectivity index is 0.000000264. The summed E-state index contributed by atoms with van der Waals surface area (Å²) >= 11 is 0. The van der Waals surface area contributed by atoms with Gasteiger partial charge in [-0.05, 0) is 81.7 Å². The van der Waals surface area contributed by atoms with E-state index >= 15 is 0 Å². The number of hydrogen-bond donors (Lipinski definition) is 0. The topological polar surface area (TPSA) is 56.7 Å². The summed E-state index contributed by atoms with van der Waals surface area (Å²) in [4.78, 5) is 15.1. The second-order valence-corrected chi connectivity index (χ2v) is 27.0. The Hall–Kier alpha value is -6.24. The minimum Gasteiger partial charge on any atom is -0.486 e. The molecule has 0 saturated carbocycles. The fourth-order valence-corrected chi connectivity index (χ4v) is 10.9. The fourth-order valence-electron chi connectivity index (χ4n) is 9.33. The molecule has 4 heterocycles. The molecular weight excluding hydrogens is 1050 g/mol. The van der Waals surface area contributed by atoms with Gasteiger partial charge in [-0.15, -0.1) is 53.6 Å². The van der Waals surface area contributed by atoms with Crippen LogP contribution in [0.15, 0.2) is 156 Å². The summed E-state index contributed by atoms with van der Waals surface area (Å²) in [5.74, 6) is 1.44. The number of rotatable bonds is 8. The third kappa shape index (κ3) is 10.2. The second-order valence-electron chi connectivity index (χ2n) is 22.0. The van der Waals surface area contributed by atoms with Gasteiger partial charge in [-0.2, -0.15) is 0 Å². The number of para-hydroxylation sites is 2. The Bertz CT molecular complexity index is 3380. The van der Waals surface area contributed by atoms with Crippen LogP contribution in [0.2, 0.25) is 19.6 Å². The van der Waals surface area contributed by atoms with E-state index in [-0.39, 0.29) is 30.9 Å². The normalized spacial score (nSPS) is 12.1. The third-order valence-electron chi connectivity index (χ3n) is 12.9. The van der Waals surface area contributed by atoms with E-state index in [4.69, 9.17) is 14.4 Å². The van der Waals surface area contributed by atoms with Gasteiger partial charge in [-0.3, -0.25) is 4.98 Å². The van der Waals surface area contributed by atoms with Gasteiger partial charge in [0.25, 0.3) is 0 Å². The van der Waals surface area contributed by atoms with Crippen LogP contribution in [0.3, 0.4) is 0 Å². The zero-order valence-electron chi connectivity index (χ0n) is 42.7. The molecule has 1 radical (unpaired) electrons. The van der Waals surface area contributed by atoms with Crippen LogP contribution in [0.25, 0.3) is 83.7 Å². The summed E-state index contributed by atoms with van der Waals surface area (Å²) in [5.41, 5.74) is 16.5. The van der Waals surface area contributed by atoms with Gasteiger partial charge in [-0.1, -0.05) is 177 Å². The van der Waals surface area contributed by atoms with Crippen LogP contribution in [0.4, 0.5) is 0 Å². The van der Waals surface area contributed by atoms with E-state index in [9.17, 15) is 0 Å². The third-order valence-corrected chi connectivity index (χ3v) is 15.0. The molecule has 0 atom stereocenters. The van der Waals surface area contributed by atoms with Crippen molar-refractivity contribution in [3.05, 3.63) is 186 Å². The first-order chi connectivity index (χ1) is 32.9. The van der Waals surface area contributed by atoms with Crippen LogP contribution < -0.4 is 5.19 Å². The number of benzene rings is 6. The van der Waals surface area contributed by atoms with Crippen LogP contribution in [0, 0.1) is 25.0 Å². The van der Waals surface area contributed by atoms with Gasteiger partial charge >= 0.3 is 0 Å². The van der Waals surface area contributed by atoms with Crippen molar-refractivity contribution < 1.29 is 24.5 Å². The molecule has 0 aliphatic rings. The molecule has 0 aliphatic heterocycles. The molecular formula is C63H64IrN4OSi-2. The summed E-state index contributed by atoms with van der Waals surface area (Å²) in [7, 11) is -1.34. The van der Waals surface area contributed by atoms with Gasteiger partial charge < -0.3 is 14.0 Å². The average Bonchev–Trinajstić information content (AvgIpc) is 3.90. The zero-order chi connectivity index (χ0) is 48.8. The predicted octanol–water partition coefficient (Wildman–Crippen LogP) is 16.3. The minimum atomic E-state index is -1.34. The molecule has 7 heteroatoms. The van der Waals surface area contributed by atoms with E-state index in [1.807, 2.05) is 18.2 Å². The number of aromatic nitrogens is 4. The maximum atomic E-state index is 6.74. The summed E-state index contributed by atoms with van der Waals surface area (Å²) in [6, 6.07) is 58.1. The Morgan fingerprint density at radius 1 is 0.700 bits per heavy atom. The molecule has 357 valence electrons. The van der Waals surface area contributed by atoms with Crippen LogP contribution >= 0.6 is 0 Å². The first kappa shape index (κ1) is 50.2. The van der Waals surface area contributed by atoms with Crippen molar-refractivity contribution in [3.63, 3.8) is 0 Å². The number of pyridine rings is 2. The number of furan rings is 1. The molecule has 0 aliphatic carbocycles. The van der Waals surface area contributed by atoms with E-state index in [1.165, 1.54) is 16.3 Å². The van der Waals surface area contributed by atoms with Gasteiger partial charge in [0.1, 0.15) is 0 Å². The SMILES string of the molecule is CC(C)Cc1cc(-c2[c-]cccc2)ncc1[Si](C)(C)C.Cc1c[c-]c(-c2nc3ccccc3n2-c2c(-c3ccccc3)cc(C(C)(C)C)cc2-c2ccccc2)c2oc3nc(C(C)(C)C)ccc3c12.[Ir]. The van der Waals surface area contributed by atoms with Crippen molar-refractivity contribution in [2.45, 2.75) is 99.2 Å². The van der Waals surface area contributed by atoms with E-state index in [1.54, 1.807) is 0 Å². The van der Waals surface area contributed by atoms with Crippen molar-refractivity contribution in [3.8, 4) is 50.6 Å². The van der Waals surface area contributed by atoms with Gasteiger partial charge in [0.05, 0.1) is 36.2 Å². The van der Waals surface area contributed by atoms with Crippen molar-refractivity contribution in [1.82, 2.24) is 19.5 Å². The molecule has 10 aromatic rings. The van der Waals surface area contributed by atoms with Crippen molar-refractivity contribution in [2.75, 3.05) is 0 Å². The number of fused-ring (bicyclic) bond motifs is 4. The van der Waals surface area contributed by atoms with Gasteiger partial charge in [0.15, 0.2) is 0 Å². The van der Waals surface area contributed by atoms with Crippen LogP contribution in [-0.4, -0.2) is 27.6 Å². The molecule has 70 heavy (non-hydrogen) atoms. The van der Waals surface area contributed by atoms with E-state index in [0.717, 1.165) is 95.7 Å². The molecule has 0 saturated heterocycles. The summed E-state index contributed by atoms with van der Waals surface area (Å²) in [6.45, 7) is 27.2. The zero-order valence-corrected chi connectivity index (χ0v) is 46.1. The summed E-state index contributed by atoms with van der Waals surface area (Å²) in [5, 5.41) is 3.54. The predicted molar refractivity (Wildman–Crippen MR) is 293 cm³/mol. The maximum absolute atomic E-state index is 6.74. The van der Waals surface area contributed by atoms with Gasteiger partial charge in [0.2, 0.25) is 5.71 Å². The molecule has 10 rings (SSSR count). The van der Waals surface area contributed by atoms with Crippen molar-refractivity contribution in [1.29, 1.82) is 0 Å². The van der Waals surface area contributed by atoms with Crippen LogP contribution in [0.1, 0.15) is 77.8 Å². The standard InChI is InChI=1S/C45H40N3O.C18H24NSi.Ir/c1-28-22-23-33(41-39(28)32-24-25-38(45(5,6)7)47-43(32)49-41)42-46-36-20-14-15-21-37(36)48(42)40-34(29-16-10-8-11-17-29)26-31(44(2,3)4)27-35(40)30-18-12-9-13-19-30;1-14(2)11-16-12-17(15-9-7-6-8-10-15)19-13-18(16)20(3,4)5;/h8-22,24-27H,1-7H3;6-9,12-14H,11H2,1-5H3;/q2*-1;. The molecule has 0 bridgehead atoms. The van der Waals surface area contributed by atoms with Crippen molar-refractivity contribution >= 4 is 46.4 Å². The molecule has 0 N–H and O–H groups in total. The Morgan fingerprint density at radius 2 is 1.33 bits per heavy atom. The fraction of sp³-hybridized carbons (Fsp3) is 0.254. The summed E-state index contributed by atoms with van der Waals surface area (Å²) in [6.07, 6.45) is 3.24. The molecule has 0 fully saturated rings. The molecule has 5 nitrogen and oxygen atoms in total. The number of aryl methyl sites for hydroxylation is 1. The van der Waals surface area contributed by atoms with Crippen LogP contribution in [0.5, 0.6) is 0 Å². The number of imidazole rings is 1. The summed E-state index contributed by atoms with van der Waals surface area (Å²) < 4.78 is 9.07. The number of nitrogens with zero attached hydrogens (tertiary/aromatic N) is 4. The Kier molecular flexibility index (Phi) is 14.2. The monoisotopic (exact) mass is 1110 g/mol. The molecule has 0 unspecified atom stereocenters. The maximum Gasteiger partial charge on any atom is 0.216 e. The van der Waals surface area contributed by atoms with E-state index in [2.05, 4.69) is 237 Å². The quantitative estimate of drug-likeness (QED) is 0.112. The molecule has 4 aromatic heterocycles. The van der Waals surface area contributed by atoms with E-state index < -0.39 is 8.07 Å². The number of hydrogen-bond acceptors (Lipinski definition) is 4. The molecule has 6 aromatic carbocycles. The first-order valence-electron chi connectivity index (χ1n) is 24.4. The Labute approximate surface area is 429 Å². The molecule has 0 amide bonds. The average molecular weight is 1110 g/mol. The van der Waals surface area contributed by atoms with Gasteiger partial charge in [0, 0.05) is 53.9 Å². The second kappa shape index (κ2) is 19.9. The first-order valence-corrected chi connectivity index (χ1v) is 27.9. The minimum absolute atomic E-state index is 0. The van der Waals surface area contributed by atoms with Crippen molar-refractivity contribution in [2.24, 2.45) is 5.92 Å². The smallest absolute Gasteiger partial charge is 0.216 e. The molecule has 0 spiro atoms. The Morgan fingerprint density at radius 3 is 1.91 bits per heavy atom. The largest absolute Gasteiger partial charge is 0.486 e. The van der Waals surface area contributed by atoms with E-state index in [0.29, 0.717) is 11.6 Å².